The normalized spacial score (nSPS) is 37.7. The monoisotopic (exact) mass is 307 g/mol. The summed E-state index contributed by atoms with van der Waals surface area (Å²) in [6.07, 6.45) is 6.00. The summed E-state index contributed by atoms with van der Waals surface area (Å²) in [5.41, 5.74) is -0.581. The lowest BCUT2D eigenvalue weighted by atomic mass is 9.73. The van der Waals surface area contributed by atoms with Crippen molar-refractivity contribution < 1.29 is 9.53 Å². The molecule has 3 unspecified atom stereocenters. The van der Waals surface area contributed by atoms with E-state index < -0.39 is 5.72 Å². The van der Waals surface area contributed by atoms with Gasteiger partial charge in [-0.05, 0) is 57.3 Å². The molecule has 3 nitrogen and oxygen atoms in total. The minimum atomic E-state index is -0.581. The SMILES string of the molecule is C.[B]C(=O)N1[C@@H](CC)[C@@H](CC2CCC(C)CC2C)OC1(C)C. The summed E-state index contributed by atoms with van der Waals surface area (Å²) in [6.45, 7) is 10.7. The topological polar surface area (TPSA) is 29.5 Å². The smallest absolute Gasteiger partial charge is 0.200 e. The maximum Gasteiger partial charge on any atom is 0.200 e. The van der Waals surface area contributed by atoms with Crippen LogP contribution in [0.3, 0.4) is 0 Å². The Kier molecular flexibility index (Phi) is 6.55. The zero-order valence-electron chi connectivity index (χ0n) is 14.3. The molecule has 0 bridgehead atoms. The molecule has 126 valence electrons. The van der Waals surface area contributed by atoms with Crippen LogP contribution >= 0.6 is 0 Å². The summed E-state index contributed by atoms with van der Waals surface area (Å²) in [5.74, 6) is 1.95. The Morgan fingerprint density at radius 1 is 1.32 bits per heavy atom. The predicted octanol–water partition coefficient (Wildman–Crippen LogP) is 4.59. The van der Waals surface area contributed by atoms with E-state index in [2.05, 4.69) is 20.8 Å². The lowest BCUT2D eigenvalue weighted by Crippen LogP contribution is -2.47. The van der Waals surface area contributed by atoms with Crippen molar-refractivity contribution in [2.24, 2.45) is 17.8 Å². The van der Waals surface area contributed by atoms with Crippen molar-refractivity contribution >= 4 is 13.7 Å². The number of hydrogen-bond acceptors (Lipinski definition) is 2. The van der Waals surface area contributed by atoms with Crippen LogP contribution in [0.4, 0.5) is 4.79 Å². The van der Waals surface area contributed by atoms with Gasteiger partial charge in [0.15, 0.2) is 5.81 Å². The van der Waals surface area contributed by atoms with Crippen molar-refractivity contribution in [1.29, 1.82) is 0 Å². The van der Waals surface area contributed by atoms with E-state index in [0.29, 0.717) is 5.92 Å². The third-order valence-electron chi connectivity index (χ3n) is 5.58. The van der Waals surface area contributed by atoms with Gasteiger partial charge in [0.05, 0.1) is 12.1 Å². The Hall–Kier alpha value is -0.505. The lowest BCUT2D eigenvalue weighted by Gasteiger charge is -2.35. The molecule has 2 rings (SSSR count). The second-order valence-electron chi connectivity index (χ2n) is 7.68. The number of hydrogen-bond donors (Lipinski definition) is 0. The Labute approximate surface area is 138 Å². The number of carbonyl (C=O) groups excluding carboxylic acids is 1. The molecular formula is C18H34BNO2. The first-order chi connectivity index (χ1) is 9.76. The molecule has 0 aromatic carbocycles. The standard InChI is InChI=1S/C17H30BNO2.CH4/c1-6-14-15(21-17(4,5)19(14)16(18)20)10-13-8-7-11(2)9-12(13)3;/h11-15H,6-10H2,1-5H3;1H4/t11?,12?,13?,14-,15+;/m0./s1. The number of ether oxygens (including phenoxy) is 1. The van der Waals surface area contributed by atoms with Crippen LogP contribution < -0.4 is 0 Å². The molecule has 22 heavy (non-hydrogen) atoms. The van der Waals surface area contributed by atoms with Gasteiger partial charge in [-0.3, -0.25) is 4.79 Å². The van der Waals surface area contributed by atoms with Gasteiger partial charge in [-0.15, -0.1) is 0 Å². The molecule has 1 amide bonds. The van der Waals surface area contributed by atoms with E-state index in [1.54, 1.807) is 4.90 Å². The zero-order chi connectivity index (χ0) is 15.8. The molecule has 0 spiro atoms. The first-order valence-corrected chi connectivity index (χ1v) is 8.52. The number of amides is 1. The van der Waals surface area contributed by atoms with Gasteiger partial charge in [0.2, 0.25) is 7.85 Å². The average Bonchev–Trinajstić information content (AvgIpc) is 2.63. The average molecular weight is 307 g/mol. The molecule has 1 heterocycles. The Balaban J connectivity index is 0.00000242. The van der Waals surface area contributed by atoms with Crippen LogP contribution in [0.25, 0.3) is 0 Å². The lowest BCUT2D eigenvalue weighted by molar-refractivity contribution is -0.0665. The molecule has 2 fully saturated rings. The van der Waals surface area contributed by atoms with Gasteiger partial charge in [0.25, 0.3) is 0 Å². The summed E-state index contributed by atoms with van der Waals surface area (Å²) in [6, 6.07) is 0.115. The van der Waals surface area contributed by atoms with E-state index in [4.69, 9.17) is 12.6 Å². The summed E-state index contributed by atoms with van der Waals surface area (Å²) < 4.78 is 6.23. The molecule has 2 radical (unpaired) electrons. The molecule has 2 aliphatic rings. The molecule has 0 aromatic heterocycles. The summed E-state index contributed by atoms with van der Waals surface area (Å²) in [4.78, 5) is 13.5. The zero-order valence-corrected chi connectivity index (χ0v) is 14.3. The van der Waals surface area contributed by atoms with Crippen molar-refractivity contribution in [3.05, 3.63) is 0 Å². The maximum atomic E-state index is 11.8. The molecule has 4 heteroatoms. The van der Waals surface area contributed by atoms with Gasteiger partial charge in [-0.1, -0.05) is 34.6 Å². The van der Waals surface area contributed by atoms with Crippen LogP contribution in [0, 0.1) is 17.8 Å². The number of carbonyl (C=O) groups is 1. The molecular weight excluding hydrogens is 273 g/mol. The van der Waals surface area contributed by atoms with Crippen molar-refractivity contribution in [2.75, 3.05) is 0 Å². The molecule has 1 saturated heterocycles. The van der Waals surface area contributed by atoms with Gasteiger partial charge in [-0.25, -0.2) is 0 Å². The Morgan fingerprint density at radius 2 is 1.95 bits per heavy atom. The second-order valence-corrected chi connectivity index (χ2v) is 7.68. The van der Waals surface area contributed by atoms with Gasteiger partial charge < -0.3 is 9.64 Å². The van der Waals surface area contributed by atoms with Gasteiger partial charge in [0, 0.05) is 0 Å². The predicted molar refractivity (Wildman–Crippen MR) is 93.0 cm³/mol. The highest BCUT2D eigenvalue weighted by Gasteiger charge is 2.48. The second kappa shape index (κ2) is 7.38. The summed E-state index contributed by atoms with van der Waals surface area (Å²) in [5, 5.41) is 0. The number of rotatable bonds is 3. The fourth-order valence-corrected chi connectivity index (χ4v) is 4.53. The van der Waals surface area contributed by atoms with Crippen molar-refractivity contribution in [1.82, 2.24) is 4.90 Å². The number of nitrogens with zero attached hydrogens (tertiary/aromatic N) is 1. The van der Waals surface area contributed by atoms with Crippen LogP contribution in [0.15, 0.2) is 0 Å². The largest absolute Gasteiger partial charge is 0.351 e. The first-order valence-electron chi connectivity index (χ1n) is 8.52. The Bertz CT molecular complexity index is 385. The first kappa shape index (κ1) is 19.5. The van der Waals surface area contributed by atoms with Gasteiger partial charge in [0.1, 0.15) is 5.72 Å². The van der Waals surface area contributed by atoms with E-state index in [1.165, 1.54) is 19.3 Å². The van der Waals surface area contributed by atoms with E-state index in [0.717, 1.165) is 24.7 Å². The third kappa shape index (κ3) is 3.87. The van der Waals surface area contributed by atoms with Gasteiger partial charge in [-0.2, -0.15) is 0 Å². The minimum Gasteiger partial charge on any atom is -0.351 e. The minimum absolute atomic E-state index is 0. The molecule has 1 aliphatic heterocycles. The molecule has 0 N–H and O–H groups in total. The fraction of sp³-hybridized carbons (Fsp3) is 0.944. The van der Waals surface area contributed by atoms with Gasteiger partial charge >= 0.3 is 0 Å². The molecule has 5 atom stereocenters. The molecule has 1 saturated carbocycles. The third-order valence-corrected chi connectivity index (χ3v) is 5.58. The van der Waals surface area contributed by atoms with Crippen molar-refractivity contribution in [3.8, 4) is 0 Å². The van der Waals surface area contributed by atoms with Crippen molar-refractivity contribution in [3.63, 3.8) is 0 Å². The fourth-order valence-electron chi connectivity index (χ4n) is 4.53. The molecule has 0 aromatic rings. The van der Waals surface area contributed by atoms with Crippen LogP contribution in [-0.2, 0) is 4.74 Å². The highest BCUT2D eigenvalue weighted by atomic mass is 16.5. The van der Waals surface area contributed by atoms with Crippen molar-refractivity contribution in [2.45, 2.75) is 92.0 Å². The highest BCUT2D eigenvalue weighted by Crippen LogP contribution is 2.41. The summed E-state index contributed by atoms with van der Waals surface area (Å²) >= 11 is 0. The Morgan fingerprint density at radius 3 is 2.45 bits per heavy atom. The van der Waals surface area contributed by atoms with Crippen LogP contribution in [0.5, 0.6) is 0 Å². The van der Waals surface area contributed by atoms with E-state index in [-0.39, 0.29) is 25.4 Å². The van der Waals surface area contributed by atoms with E-state index in [1.807, 2.05) is 13.8 Å². The molecule has 1 aliphatic carbocycles. The quantitative estimate of drug-likeness (QED) is 0.714. The van der Waals surface area contributed by atoms with Crippen LogP contribution in [0.2, 0.25) is 0 Å². The van der Waals surface area contributed by atoms with Crippen LogP contribution in [0.1, 0.15) is 74.1 Å². The highest BCUT2D eigenvalue weighted by molar-refractivity contribution is 6.57. The van der Waals surface area contributed by atoms with Crippen LogP contribution in [-0.4, -0.2) is 36.4 Å². The maximum absolute atomic E-state index is 11.8. The van der Waals surface area contributed by atoms with E-state index in [9.17, 15) is 4.79 Å². The summed E-state index contributed by atoms with van der Waals surface area (Å²) in [7, 11) is 5.59. The van der Waals surface area contributed by atoms with E-state index >= 15 is 0 Å².